The van der Waals surface area contributed by atoms with Gasteiger partial charge in [-0.1, -0.05) is 84.9 Å². The zero-order valence-electron chi connectivity index (χ0n) is 30.9. The Morgan fingerprint density at radius 2 is 0.948 bits per heavy atom. The van der Waals surface area contributed by atoms with Gasteiger partial charge in [-0.3, -0.25) is 9.97 Å². The van der Waals surface area contributed by atoms with Crippen LogP contribution in [0.5, 0.6) is 0 Å². The standard InChI is InChI=1S/C52H30N4O2/c1-2-10-31(11-3-1)35-21-22-38-36-12-4-7-15-43(36)56(34-20-25-46-41(30-34)51-48(58-46)17-9-27-54-51)52(38)49(35)32-18-23-44-39(28-32)37-13-5-6-14-42(37)55(44)33-19-24-45-40(29-33)50-47(57-45)16-8-26-53-50/h1-30H. The monoisotopic (exact) mass is 742 g/mol. The summed E-state index contributed by atoms with van der Waals surface area (Å²) < 4.78 is 17.2. The fourth-order valence-corrected chi connectivity index (χ4v) is 9.33. The molecule has 0 atom stereocenters. The fourth-order valence-electron chi connectivity index (χ4n) is 9.33. The number of rotatable bonds is 4. The minimum atomic E-state index is 0.783. The highest BCUT2D eigenvalue weighted by molar-refractivity contribution is 6.18. The van der Waals surface area contributed by atoms with Crippen molar-refractivity contribution in [1.82, 2.24) is 19.1 Å². The van der Waals surface area contributed by atoms with Crippen molar-refractivity contribution in [2.24, 2.45) is 0 Å². The van der Waals surface area contributed by atoms with E-state index in [-0.39, 0.29) is 0 Å². The van der Waals surface area contributed by atoms with Gasteiger partial charge in [-0.2, -0.15) is 0 Å². The van der Waals surface area contributed by atoms with Crippen LogP contribution in [0.2, 0.25) is 0 Å². The Hall–Kier alpha value is -7.96. The molecule has 0 amide bonds. The molecule has 6 heterocycles. The first-order valence-corrected chi connectivity index (χ1v) is 19.5. The zero-order chi connectivity index (χ0) is 37.9. The van der Waals surface area contributed by atoms with E-state index in [0.29, 0.717) is 0 Å². The van der Waals surface area contributed by atoms with Crippen molar-refractivity contribution in [1.29, 1.82) is 0 Å². The summed E-state index contributed by atoms with van der Waals surface area (Å²) in [4.78, 5) is 9.40. The molecule has 7 aromatic carbocycles. The molecule has 0 N–H and O–H groups in total. The average molecular weight is 743 g/mol. The molecule has 13 rings (SSSR count). The summed E-state index contributed by atoms with van der Waals surface area (Å²) in [7, 11) is 0. The number of furan rings is 2. The molecule has 0 aliphatic carbocycles. The lowest BCUT2D eigenvalue weighted by molar-refractivity contribution is 0.667. The molecule has 0 aliphatic heterocycles. The second-order valence-corrected chi connectivity index (χ2v) is 15.0. The van der Waals surface area contributed by atoms with Crippen LogP contribution >= 0.6 is 0 Å². The van der Waals surface area contributed by atoms with Crippen LogP contribution < -0.4 is 0 Å². The zero-order valence-corrected chi connectivity index (χ0v) is 30.9. The maximum Gasteiger partial charge on any atom is 0.153 e. The van der Waals surface area contributed by atoms with E-state index in [9.17, 15) is 0 Å². The largest absolute Gasteiger partial charge is 0.454 e. The molecule has 6 heteroatoms. The molecule has 0 radical (unpaired) electrons. The second-order valence-electron chi connectivity index (χ2n) is 15.0. The van der Waals surface area contributed by atoms with Crippen molar-refractivity contribution in [3.05, 3.63) is 182 Å². The number of benzene rings is 7. The van der Waals surface area contributed by atoms with Crippen molar-refractivity contribution >= 4 is 87.7 Å². The first kappa shape index (κ1) is 31.3. The van der Waals surface area contributed by atoms with Gasteiger partial charge in [0.1, 0.15) is 22.2 Å². The molecule has 0 bridgehead atoms. The molecule has 0 spiro atoms. The molecule has 6 nitrogen and oxygen atoms in total. The van der Waals surface area contributed by atoms with Crippen molar-refractivity contribution in [3.8, 4) is 33.6 Å². The average Bonchev–Trinajstić information content (AvgIpc) is 4.03. The van der Waals surface area contributed by atoms with E-state index >= 15 is 0 Å². The molecule has 0 saturated carbocycles. The summed E-state index contributed by atoms with van der Waals surface area (Å²) in [6.07, 6.45) is 3.65. The van der Waals surface area contributed by atoms with Crippen LogP contribution in [-0.2, 0) is 0 Å². The number of pyridine rings is 2. The van der Waals surface area contributed by atoms with E-state index < -0.39 is 0 Å². The first-order chi connectivity index (χ1) is 28.8. The number of aromatic nitrogens is 4. The third-order valence-corrected chi connectivity index (χ3v) is 11.8. The Balaban J connectivity index is 1.12. The van der Waals surface area contributed by atoms with Crippen LogP contribution in [0.4, 0.5) is 0 Å². The summed E-state index contributed by atoms with van der Waals surface area (Å²) >= 11 is 0. The smallest absolute Gasteiger partial charge is 0.153 e. The summed E-state index contributed by atoms with van der Waals surface area (Å²) in [6, 6.07) is 60.4. The van der Waals surface area contributed by atoms with Crippen LogP contribution in [0.15, 0.2) is 191 Å². The summed E-state index contributed by atoms with van der Waals surface area (Å²) in [5.41, 5.74) is 16.3. The van der Waals surface area contributed by atoms with E-state index in [1.54, 1.807) is 0 Å². The number of fused-ring (bicyclic) bond motifs is 12. The van der Waals surface area contributed by atoms with E-state index in [4.69, 9.17) is 13.8 Å². The molecule has 0 unspecified atom stereocenters. The predicted molar refractivity (Wildman–Crippen MR) is 236 cm³/mol. The Labute approximate surface area is 330 Å². The van der Waals surface area contributed by atoms with Gasteiger partial charge >= 0.3 is 0 Å². The van der Waals surface area contributed by atoms with Gasteiger partial charge in [-0.25, -0.2) is 0 Å². The molecule has 13 aromatic rings. The van der Waals surface area contributed by atoms with Gasteiger partial charge in [0, 0.05) is 61.6 Å². The minimum absolute atomic E-state index is 0.783. The highest BCUT2D eigenvalue weighted by Gasteiger charge is 2.23. The predicted octanol–water partition coefficient (Wildman–Crippen LogP) is 13.8. The normalized spacial score (nSPS) is 12.1. The van der Waals surface area contributed by atoms with Crippen molar-refractivity contribution in [2.75, 3.05) is 0 Å². The van der Waals surface area contributed by atoms with Crippen LogP contribution in [-0.4, -0.2) is 19.1 Å². The third-order valence-electron chi connectivity index (χ3n) is 11.8. The van der Waals surface area contributed by atoms with Gasteiger partial charge in [-0.05, 0) is 102 Å². The minimum Gasteiger partial charge on any atom is -0.454 e. The van der Waals surface area contributed by atoms with Crippen molar-refractivity contribution < 1.29 is 8.83 Å². The quantitative estimate of drug-likeness (QED) is 0.180. The fraction of sp³-hybridized carbons (Fsp3) is 0. The highest BCUT2D eigenvalue weighted by atomic mass is 16.3. The van der Waals surface area contributed by atoms with Crippen molar-refractivity contribution in [2.45, 2.75) is 0 Å². The number of nitrogens with zero attached hydrogens (tertiary/aromatic N) is 4. The molecule has 0 aliphatic rings. The molecule has 0 fully saturated rings. The lowest BCUT2D eigenvalue weighted by atomic mass is 9.91. The number of para-hydroxylation sites is 2. The van der Waals surface area contributed by atoms with Gasteiger partial charge in [0.05, 0.1) is 22.1 Å². The Bertz CT molecular complexity index is 3810. The summed E-state index contributed by atoms with van der Waals surface area (Å²) in [5.74, 6) is 0. The molecule has 270 valence electrons. The maximum absolute atomic E-state index is 6.23. The van der Waals surface area contributed by atoms with E-state index in [0.717, 1.165) is 88.7 Å². The third kappa shape index (κ3) is 4.37. The topological polar surface area (TPSA) is 61.9 Å². The van der Waals surface area contributed by atoms with Crippen molar-refractivity contribution in [3.63, 3.8) is 0 Å². The van der Waals surface area contributed by atoms with Crippen LogP contribution in [0, 0.1) is 0 Å². The van der Waals surface area contributed by atoms with Gasteiger partial charge in [0.25, 0.3) is 0 Å². The van der Waals surface area contributed by atoms with Crippen LogP contribution in [0.25, 0.3) is 121 Å². The lowest BCUT2D eigenvalue weighted by Gasteiger charge is -2.17. The van der Waals surface area contributed by atoms with E-state index in [2.05, 4.69) is 160 Å². The lowest BCUT2D eigenvalue weighted by Crippen LogP contribution is -1.97. The summed E-state index contributed by atoms with van der Waals surface area (Å²) in [6.45, 7) is 0. The molecular weight excluding hydrogens is 713 g/mol. The van der Waals surface area contributed by atoms with E-state index in [1.165, 1.54) is 32.7 Å². The molecular formula is C52H30N4O2. The SMILES string of the molecule is c1ccc(-c2ccc3c4ccccc4n(-c4ccc5oc6cccnc6c5c4)c3c2-c2ccc3c(c2)c2ccccc2n3-c2ccc3oc4cccnc4c3c2)cc1. The van der Waals surface area contributed by atoms with Crippen LogP contribution in [0.3, 0.4) is 0 Å². The summed E-state index contributed by atoms with van der Waals surface area (Å²) in [5, 5.41) is 6.75. The number of hydrogen-bond donors (Lipinski definition) is 0. The van der Waals surface area contributed by atoms with E-state index in [1.807, 2.05) is 36.7 Å². The van der Waals surface area contributed by atoms with Gasteiger partial charge in [-0.15, -0.1) is 0 Å². The molecule has 0 saturated heterocycles. The second kappa shape index (κ2) is 11.8. The highest BCUT2D eigenvalue weighted by Crippen LogP contribution is 2.46. The van der Waals surface area contributed by atoms with Gasteiger partial charge in [0.2, 0.25) is 0 Å². The van der Waals surface area contributed by atoms with Gasteiger partial charge in [0.15, 0.2) is 11.2 Å². The number of hydrogen-bond acceptors (Lipinski definition) is 4. The van der Waals surface area contributed by atoms with Gasteiger partial charge < -0.3 is 18.0 Å². The first-order valence-electron chi connectivity index (χ1n) is 19.5. The van der Waals surface area contributed by atoms with Crippen LogP contribution in [0.1, 0.15) is 0 Å². The molecule has 58 heavy (non-hydrogen) atoms. The maximum atomic E-state index is 6.23. The Morgan fingerprint density at radius 1 is 0.362 bits per heavy atom. The Morgan fingerprint density at radius 3 is 1.64 bits per heavy atom. The molecule has 6 aromatic heterocycles. The Kier molecular flexibility index (Phi) is 6.35.